The lowest BCUT2D eigenvalue weighted by Crippen LogP contribution is -2.25. The highest BCUT2D eigenvalue weighted by Crippen LogP contribution is 2.28. The highest BCUT2D eigenvalue weighted by atomic mass is 15.1. The molecule has 3 rings (SSSR count). The maximum atomic E-state index is 4.13. The molecular weight excluding hydrogens is 234 g/mol. The summed E-state index contributed by atoms with van der Waals surface area (Å²) in [7, 11) is 0. The second-order valence-electron chi connectivity index (χ2n) is 5.59. The molecular formula is C16H21N3. The molecule has 3 nitrogen and oxygen atoms in total. The second kappa shape index (κ2) is 5.47. The monoisotopic (exact) mass is 255 g/mol. The van der Waals surface area contributed by atoms with Gasteiger partial charge in [0.15, 0.2) is 0 Å². The molecule has 1 heterocycles. The summed E-state index contributed by atoms with van der Waals surface area (Å²) < 4.78 is 2.06. The fourth-order valence-electron chi connectivity index (χ4n) is 2.85. The fourth-order valence-corrected chi connectivity index (χ4v) is 2.85. The van der Waals surface area contributed by atoms with Crippen LogP contribution in [0.3, 0.4) is 0 Å². The molecule has 0 saturated heterocycles. The summed E-state index contributed by atoms with van der Waals surface area (Å²) in [6.45, 7) is 2.36. The van der Waals surface area contributed by atoms with Gasteiger partial charge in [-0.2, -0.15) is 0 Å². The van der Waals surface area contributed by atoms with E-state index in [1.165, 1.54) is 37.1 Å². The smallest absolute Gasteiger partial charge is 0.0992 e. The highest BCUT2D eigenvalue weighted by molar-refractivity contribution is 5.61. The Labute approximate surface area is 114 Å². The van der Waals surface area contributed by atoms with E-state index < -0.39 is 0 Å². The van der Waals surface area contributed by atoms with Crippen LogP contribution in [0.15, 0.2) is 43.0 Å². The first-order valence-electron chi connectivity index (χ1n) is 7.17. The number of para-hydroxylation sites is 2. The van der Waals surface area contributed by atoms with Gasteiger partial charge in [-0.05, 0) is 43.7 Å². The third-order valence-corrected chi connectivity index (χ3v) is 4.06. The number of anilines is 1. The van der Waals surface area contributed by atoms with Gasteiger partial charge in [0, 0.05) is 18.4 Å². The van der Waals surface area contributed by atoms with Gasteiger partial charge in [0.25, 0.3) is 0 Å². The zero-order valence-corrected chi connectivity index (χ0v) is 11.4. The lowest BCUT2D eigenvalue weighted by molar-refractivity contribution is 0.361. The lowest BCUT2D eigenvalue weighted by Gasteiger charge is -2.28. The summed E-state index contributed by atoms with van der Waals surface area (Å²) in [6.07, 6.45) is 10.9. The molecule has 0 unspecified atom stereocenters. The van der Waals surface area contributed by atoms with Crippen molar-refractivity contribution in [2.24, 2.45) is 5.92 Å². The fraction of sp³-hybridized carbons (Fsp3) is 0.438. The van der Waals surface area contributed by atoms with Gasteiger partial charge in [0.1, 0.15) is 0 Å². The van der Waals surface area contributed by atoms with Gasteiger partial charge in [0.2, 0.25) is 0 Å². The third kappa shape index (κ3) is 2.80. The molecule has 0 aliphatic heterocycles. The second-order valence-corrected chi connectivity index (χ2v) is 5.59. The Morgan fingerprint density at radius 2 is 1.95 bits per heavy atom. The van der Waals surface area contributed by atoms with Crippen LogP contribution in [0.25, 0.3) is 5.69 Å². The standard InChI is InChI=1S/C16H21N3/c1-13-6-8-14(9-7-13)18-15-4-2-3-5-16(15)19-11-10-17-12-19/h2-5,10-14,18H,6-9H2,1H3. The number of hydrogen-bond acceptors (Lipinski definition) is 2. The van der Waals surface area contributed by atoms with Crippen molar-refractivity contribution >= 4 is 5.69 Å². The van der Waals surface area contributed by atoms with Crippen molar-refractivity contribution in [3.05, 3.63) is 43.0 Å². The molecule has 1 N–H and O–H groups in total. The number of benzene rings is 1. The van der Waals surface area contributed by atoms with Gasteiger partial charge >= 0.3 is 0 Å². The quantitative estimate of drug-likeness (QED) is 0.902. The average Bonchev–Trinajstić information content (AvgIpc) is 2.96. The first-order chi connectivity index (χ1) is 9.33. The normalized spacial score (nSPS) is 23.2. The van der Waals surface area contributed by atoms with Crippen molar-refractivity contribution in [3.63, 3.8) is 0 Å². The SMILES string of the molecule is CC1CCC(Nc2ccccc2-n2ccnc2)CC1. The Bertz CT molecular complexity index is 511. The average molecular weight is 255 g/mol. The highest BCUT2D eigenvalue weighted by Gasteiger charge is 2.18. The molecule has 1 fully saturated rings. The Morgan fingerprint density at radius 3 is 2.68 bits per heavy atom. The van der Waals surface area contributed by atoms with Gasteiger partial charge in [-0.15, -0.1) is 0 Å². The number of rotatable bonds is 3. The van der Waals surface area contributed by atoms with E-state index in [0.717, 1.165) is 5.92 Å². The van der Waals surface area contributed by atoms with E-state index in [-0.39, 0.29) is 0 Å². The van der Waals surface area contributed by atoms with Crippen molar-refractivity contribution in [1.82, 2.24) is 9.55 Å². The van der Waals surface area contributed by atoms with E-state index in [4.69, 9.17) is 0 Å². The predicted octanol–water partition coefficient (Wildman–Crippen LogP) is 3.86. The molecule has 1 aliphatic carbocycles. The van der Waals surface area contributed by atoms with E-state index in [9.17, 15) is 0 Å². The topological polar surface area (TPSA) is 29.9 Å². The zero-order valence-electron chi connectivity index (χ0n) is 11.4. The number of imidazole rings is 1. The maximum absolute atomic E-state index is 4.13. The maximum Gasteiger partial charge on any atom is 0.0992 e. The Morgan fingerprint density at radius 1 is 1.16 bits per heavy atom. The van der Waals surface area contributed by atoms with Crippen LogP contribution in [0.5, 0.6) is 0 Å². The third-order valence-electron chi connectivity index (χ3n) is 4.06. The van der Waals surface area contributed by atoms with Crippen molar-refractivity contribution in [2.45, 2.75) is 38.6 Å². The molecule has 1 aromatic carbocycles. The largest absolute Gasteiger partial charge is 0.381 e. The van der Waals surface area contributed by atoms with E-state index in [1.807, 2.05) is 18.7 Å². The number of hydrogen-bond donors (Lipinski definition) is 1. The van der Waals surface area contributed by atoms with Gasteiger partial charge < -0.3 is 9.88 Å². The number of nitrogens with zero attached hydrogens (tertiary/aromatic N) is 2. The summed E-state index contributed by atoms with van der Waals surface area (Å²) in [5.41, 5.74) is 2.39. The molecule has 100 valence electrons. The van der Waals surface area contributed by atoms with Crippen molar-refractivity contribution in [3.8, 4) is 5.69 Å². The Kier molecular flexibility index (Phi) is 3.53. The van der Waals surface area contributed by atoms with Gasteiger partial charge in [-0.1, -0.05) is 19.1 Å². The summed E-state index contributed by atoms with van der Waals surface area (Å²) in [6, 6.07) is 9.07. The summed E-state index contributed by atoms with van der Waals surface area (Å²) in [5, 5.41) is 3.71. The van der Waals surface area contributed by atoms with Crippen LogP contribution in [0.1, 0.15) is 32.6 Å². The van der Waals surface area contributed by atoms with Crippen LogP contribution >= 0.6 is 0 Å². The molecule has 3 heteroatoms. The van der Waals surface area contributed by atoms with Crippen molar-refractivity contribution in [1.29, 1.82) is 0 Å². The van der Waals surface area contributed by atoms with E-state index in [0.29, 0.717) is 6.04 Å². The molecule has 1 aliphatic rings. The van der Waals surface area contributed by atoms with Gasteiger partial charge in [0.05, 0.1) is 17.7 Å². The minimum absolute atomic E-state index is 0.612. The molecule has 19 heavy (non-hydrogen) atoms. The summed E-state index contributed by atoms with van der Waals surface area (Å²) in [5.74, 6) is 0.891. The molecule has 0 amide bonds. The van der Waals surface area contributed by atoms with E-state index in [1.54, 1.807) is 0 Å². The molecule has 2 aromatic rings. The Hall–Kier alpha value is -1.77. The minimum atomic E-state index is 0.612. The molecule has 0 radical (unpaired) electrons. The number of aromatic nitrogens is 2. The molecule has 0 spiro atoms. The van der Waals surface area contributed by atoms with Crippen LogP contribution in [0.4, 0.5) is 5.69 Å². The van der Waals surface area contributed by atoms with Crippen molar-refractivity contribution < 1.29 is 0 Å². The number of nitrogens with one attached hydrogen (secondary N) is 1. The zero-order chi connectivity index (χ0) is 13.1. The molecule has 1 saturated carbocycles. The Balaban J connectivity index is 1.78. The first kappa shape index (κ1) is 12.3. The van der Waals surface area contributed by atoms with Crippen LogP contribution in [0.2, 0.25) is 0 Å². The van der Waals surface area contributed by atoms with Crippen molar-refractivity contribution in [2.75, 3.05) is 5.32 Å². The predicted molar refractivity (Wildman–Crippen MR) is 78.6 cm³/mol. The van der Waals surface area contributed by atoms with Crippen LogP contribution in [-0.2, 0) is 0 Å². The summed E-state index contributed by atoms with van der Waals surface area (Å²) >= 11 is 0. The lowest BCUT2D eigenvalue weighted by atomic mass is 9.87. The van der Waals surface area contributed by atoms with Gasteiger partial charge in [-0.3, -0.25) is 0 Å². The van der Waals surface area contributed by atoms with E-state index >= 15 is 0 Å². The summed E-state index contributed by atoms with van der Waals surface area (Å²) in [4.78, 5) is 4.13. The van der Waals surface area contributed by atoms with Crippen LogP contribution in [0, 0.1) is 5.92 Å². The molecule has 1 aromatic heterocycles. The van der Waals surface area contributed by atoms with Crippen LogP contribution in [-0.4, -0.2) is 15.6 Å². The van der Waals surface area contributed by atoms with E-state index in [2.05, 4.69) is 46.1 Å². The van der Waals surface area contributed by atoms with Crippen LogP contribution < -0.4 is 5.32 Å². The van der Waals surface area contributed by atoms with Gasteiger partial charge in [-0.25, -0.2) is 4.98 Å². The minimum Gasteiger partial charge on any atom is -0.381 e. The molecule has 0 bridgehead atoms. The molecule has 0 atom stereocenters. The first-order valence-corrected chi connectivity index (χ1v) is 7.17.